The van der Waals surface area contributed by atoms with E-state index in [2.05, 4.69) is 0 Å². The van der Waals surface area contributed by atoms with Gasteiger partial charge in [0.05, 0.1) is 21.7 Å². The Balaban J connectivity index is 2.45. The molecule has 1 atom stereocenters. The Labute approximate surface area is 106 Å². The maximum Gasteiger partial charge on any atom is 0.417 e. The van der Waals surface area contributed by atoms with E-state index < -0.39 is 22.9 Å². The highest BCUT2D eigenvalue weighted by Crippen LogP contribution is 2.41. The summed E-state index contributed by atoms with van der Waals surface area (Å²) in [5.74, 6) is 0. The van der Waals surface area contributed by atoms with Gasteiger partial charge in [-0.2, -0.15) is 13.2 Å². The van der Waals surface area contributed by atoms with Crippen LogP contribution in [0.2, 0.25) is 10.0 Å². The fourth-order valence-corrected chi connectivity index (χ4v) is 2.14. The maximum atomic E-state index is 12.7. The van der Waals surface area contributed by atoms with Gasteiger partial charge in [0.25, 0.3) is 0 Å². The second-order valence-electron chi connectivity index (χ2n) is 3.68. The van der Waals surface area contributed by atoms with E-state index in [0.717, 1.165) is 6.07 Å². The van der Waals surface area contributed by atoms with Crippen LogP contribution in [0, 0.1) is 6.42 Å². The Kier molecular flexibility index (Phi) is 3.57. The number of alkyl halides is 3. The summed E-state index contributed by atoms with van der Waals surface area (Å²) in [5, 5.41) is -0.582. The van der Waals surface area contributed by atoms with Crippen molar-refractivity contribution in [3.63, 3.8) is 0 Å². The number of ether oxygens (including phenoxy) is 1. The molecule has 1 aromatic carbocycles. The smallest absolute Gasteiger partial charge is 0.373 e. The third-order valence-corrected chi connectivity index (χ3v) is 3.28. The third kappa shape index (κ3) is 2.69. The minimum Gasteiger partial charge on any atom is -0.373 e. The van der Waals surface area contributed by atoms with Crippen LogP contribution in [-0.2, 0) is 10.9 Å². The first-order valence-electron chi connectivity index (χ1n) is 4.90. The highest BCUT2D eigenvalue weighted by atomic mass is 35.5. The van der Waals surface area contributed by atoms with Crippen LogP contribution >= 0.6 is 23.2 Å². The summed E-state index contributed by atoms with van der Waals surface area (Å²) in [4.78, 5) is 0. The maximum absolute atomic E-state index is 12.7. The molecule has 1 radical (unpaired) electrons. The average Bonchev–Trinajstić information content (AvgIpc) is 2.73. The molecule has 0 saturated carbocycles. The van der Waals surface area contributed by atoms with E-state index >= 15 is 0 Å². The van der Waals surface area contributed by atoms with Crippen LogP contribution in [0.15, 0.2) is 12.1 Å². The summed E-state index contributed by atoms with van der Waals surface area (Å²) < 4.78 is 43.4. The first-order chi connectivity index (χ1) is 7.89. The van der Waals surface area contributed by atoms with Crippen molar-refractivity contribution in [2.45, 2.75) is 18.7 Å². The fourth-order valence-electron chi connectivity index (χ4n) is 1.70. The summed E-state index contributed by atoms with van der Waals surface area (Å²) in [6, 6.07) is 2.40. The molecule has 1 heterocycles. The minimum atomic E-state index is -4.52. The van der Waals surface area contributed by atoms with Gasteiger partial charge in [-0.3, -0.25) is 0 Å². The first-order valence-corrected chi connectivity index (χ1v) is 5.66. The first kappa shape index (κ1) is 13.0. The molecule has 0 aromatic heterocycles. The lowest BCUT2D eigenvalue weighted by Gasteiger charge is -2.15. The van der Waals surface area contributed by atoms with Crippen LogP contribution in [0.3, 0.4) is 0 Å². The molecular weight excluding hydrogens is 276 g/mol. The van der Waals surface area contributed by atoms with Gasteiger partial charge < -0.3 is 4.74 Å². The molecule has 1 nitrogen and oxygen atoms in total. The summed E-state index contributed by atoms with van der Waals surface area (Å²) in [6.45, 7) is 0.506. The van der Waals surface area contributed by atoms with Crippen molar-refractivity contribution in [2.24, 2.45) is 0 Å². The molecule has 2 rings (SSSR count). The summed E-state index contributed by atoms with van der Waals surface area (Å²) in [6.07, 6.45) is -2.44. The largest absolute Gasteiger partial charge is 0.417 e. The second-order valence-corrected chi connectivity index (χ2v) is 4.46. The van der Waals surface area contributed by atoms with E-state index in [1.165, 1.54) is 6.07 Å². The van der Waals surface area contributed by atoms with E-state index in [-0.39, 0.29) is 5.02 Å². The topological polar surface area (TPSA) is 9.23 Å². The molecule has 93 valence electrons. The molecule has 1 aliphatic heterocycles. The SMILES string of the molecule is FC(F)(F)c1cc(C2[CH]CCO2)cc(Cl)c1Cl. The van der Waals surface area contributed by atoms with Gasteiger partial charge in [0, 0.05) is 6.61 Å². The second kappa shape index (κ2) is 4.67. The number of halogens is 5. The molecule has 0 amide bonds. The van der Waals surface area contributed by atoms with Crippen molar-refractivity contribution in [3.8, 4) is 0 Å². The van der Waals surface area contributed by atoms with Crippen LogP contribution in [0.25, 0.3) is 0 Å². The molecular formula is C11H8Cl2F3O. The van der Waals surface area contributed by atoms with Gasteiger partial charge in [-0.15, -0.1) is 0 Å². The van der Waals surface area contributed by atoms with Crippen molar-refractivity contribution in [2.75, 3.05) is 6.61 Å². The standard InChI is InChI=1S/C11H8Cl2F3O/c12-8-5-6(9-2-1-3-17-9)4-7(10(8)13)11(14,15)16/h2,4-5,9H,1,3H2. The average molecular weight is 284 g/mol. The predicted octanol–water partition coefficient (Wildman–Crippen LogP) is 4.68. The zero-order chi connectivity index (χ0) is 12.6. The van der Waals surface area contributed by atoms with Gasteiger partial charge in [-0.05, 0) is 30.5 Å². The van der Waals surface area contributed by atoms with E-state index in [9.17, 15) is 13.2 Å². The van der Waals surface area contributed by atoms with Crippen LogP contribution in [0.1, 0.15) is 23.7 Å². The lowest BCUT2D eigenvalue weighted by molar-refractivity contribution is -0.137. The zero-order valence-electron chi connectivity index (χ0n) is 8.52. The predicted molar refractivity (Wildman–Crippen MR) is 59.1 cm³/mol. The molecule has 0 aliphatic carbocycles. The summed E-state index contributed by atoms with van der Waals surface area (Å²) in [7, 11) is 0. The quantitative estimate of drug-likeness (QED) is 0.727. The zero-order valence-corrected chi connectivity index (χ0v) is 10.0. The van der Waals surface area contributed by atoms with Gasteiger partial charge in [0.2, 0.25) is 0 Å². The Hall–Kier alpha value is -0.450. The Morgan fingerprint density at radius 1 is 1.24 bits per heavy atom. The summed E-state index contributed by atoms with van der Waals surface area (Å²) in [5.41, 5.74) is -0.546. The van der Waals surface area contributed by atoms with Crippen molar-refractivity contribution in [3.05, 3.63) is 39.7 Å². The molecule has 1 saturated heterocycles. The molecule has 6 heteroatoms. The number of hydrogen-bond donors (Lipinski definition) is 0. The third-order valence-electron chi connectivity index (χ3n) is 2.48. The van der Waals surface area contributed by atoms with Crippen molar-refractivity contribution in [1.82, 2.24) is 0 Å². The van der Waals surface area contributed by atoms with E-state index in [1.807, 2.05) is 0 Å². The Bertz CT molecular complexity index is 425. The molecule has 0 spiro atoms. The van der Waals surface area contributed by atoms with E-state index in [1.54, 1.807) is 6.42 Å². The van der Waals surface area contributed by atoms with Gasteiger partial charge in [0.15, 0.2) is 0 Å². The van der Waals surface area contributed by atoms with Crippen LogP contribution < -0.4 is 0 Å². The molecule has 1 unspecified atom stereocenters. The molecule has 17 heavy (non-hydrogen) atoms. The van der Waals surface area contributed by atoms with Gasteiger partial charge >= 0.3 is 6.18 Å². The lowest BCUT2D eigenvalue weighted by Crippen LogP contribution is -2.08. The molecule has 1 aromatic rings. The number of benzene rings is 1. The van der Waals surface area contributed by atoms with Crippen LogP contribution in [-0.4, -0.2) is 6.61 Å². The Morgan fingerprint density at radius 2 is 1.94 bits per heavy atom. The Morgan fingerprint density at radius 3 is 2.47 bits per heavy atom. The monoisotopic (exact) mass is 283 g/mol. The summed E-state index contributed by atoms with van der Waals surface area (Å²) >= 11 is 11.3. The van der Waals surface area contributed by atoms with Crippen molar-refractivity contribution in [1.29, 1.82) is 0 Å². The molecule has 0 bridgehead atoms. The highest BCUT2D eigenvalue weighted by Gasteiger charge is 2.35. The lowest BCUT2D eigenvalue weighted by atomic mass is 10.0. The van der Waals surface area contributed by atoms with Gasteiger partial charge in [0.1, 0.15) is 0 Å². The molecule has 1 aliphatic rings. The van der Waals surface area contributed by atoms with Crippen LogP contribution in [0.5, 0.6) is 0 Å². The van der Waals surface area contributed by atoms with Crippen molar-refractivity contribution < 1.29 is 17.9 Å². The van der Waals surface area contributed by atoms with Crippen LogP contribution in [0.4, 0.5) is 13.2 Å². The van der Waals surface area contributed by atoms with E-state index in [0.29, 0.717) is 18.6 Å². The highest BCUT2D eigenvalue weighted by molar-refractivity contribution is 6.42. The number of rotatable bonds is 1. The fraction of sp³-hybridized carbons (Fsp3) is 0.364. The van der Waals surface area contributed by atoms with Gasteiger partial charge in [-0.1, -0.05) is 23.2 Å². The van der Waals surface area contributed by atoms with Gasteiger partial charge in [-0.25, -0.2) is 0 Å². The van der Waals surface area contributed by atoms with E-state index in [4.69, 9.17) is 27.9 Å². The normalized spacial score (nSPS) is 20.9. The molecule has 0 N–H and O–H groups in total. The van der Waals surface area contributed by atoms with Crippen molar-refractivity contribution >= 4 is 23.2 Å². The molecule has 1 fully saturated rings. The number of hydrogen-bond acceptors (Lipinski definition) is 1. The minimum absolute atomic E-state index is 0.111.